The minimum absolute atomic E-state index is 0. The van der Waals surface area contributed by atoms with Crippen molar-refractivity contribution >= 4 is 106 Å². The fourth-order valence-electron chi connectivity index (χ4n) is 0. The third-order valence-electron chi connectivity index (χ3n) is 0. The van der Waals surface area contributed by atoms with Crippen LogP contribution in [-0.2, 0) is 14.9 Å². The van der Waals surface area contributed by atoms with Gasteiger partial charge in [-0.25, -0.2) is 0 Å². The Hall–Kier alpha value is 2.32. The molecule has 0 heterocycles. The number of hydrogen-bond acceptors (Lipinski definition) is 7. The summed E-state index contributed by atoms with van der Waals surface area (Å²) in [4.78, 5) is 17.0. The topological polar surface area (TPSA) is 143 Å². The van der Waals surface area contributed by atoms with E-state index in [1.807, 2.05) is 0 Å². The molecular formula is BaCaO7SSi. The first-order valence-corrected chi connectivity index (χ1v) is 3.84. The molecular weight excluding hydrogens is 350 g/mol. The fraction of sp³-hybridized carbons (Fsp3) is 0. The van der Waals surface area contributed by atoms with Gasteiger partial charge in [0, 0.05) is 19.6 Å². The molecule has 0 aromatic rings. The van der Waals surface area contributed by atoms with Crippen LogP contribution in [0.25, 0.3) is 0 Å². The molecule has 0 aliphatic carbocycles. The third-order valence-corrected chi connectivity index (χ3v) is 0. The standard InChI is InChI=1S/Ba.Ca.H2O4S.O3Si/c;;1-5(2,3)4;1-4(2)3/h;;(H2,1,2,3,4);/q2*+2;;-2/p-2. The first-order valence-electron chi connectivity index (χ1n) is 1.28. The third kappa shape index (κ3) is 244. The Balaban J connectivity index is -0.0000000383. The Bertz CT molecular complexity index is 161. The van der Waals surface area contributed by atoms with Gasteiger partial charge in [0.05, 0.1) is 0 Å². The summed E-state index contributed by atoms with van der Waals surface area (Å²) in [7, 11) is -8.80. The van der Waals surface area contributed by atoms with Crippen molar-refractivity contribution in [2.45, 2.75) is 0 Å². The van der Waals surface area contributed by atoms with Crippen LogP contribution in [0.15, 0.2) is 0 Å². The number of hydrogen-bond donors (Lipinski definition) is 0. The molecule has 0 fully saturated rings. The zero-order valence-corrected chi connectivity index (χ0v) is 13.6. The van der Waals surface area contributed by atoms with Gasteiger partial charge in [0.1, 0.15) is 0 Å². The van der Waals surface area contributed by atoms with Crippen molar-refractivity contribution in [3.05, 3.63) is 0 Å². The molecule has 0 amide bonds. The average molecular weight is 350 g/mol. The van der Waals surface area contributed by atoms with Crippen molar-refractivity contribution in [3.8, 4) is 0 Å². The van der Waals surface area contributed by atoms with Gasteiger partial charge in [-0.05, 0) is 0 Å². The van der Waals surface area contributed by atoms with Crippen LogP contribution < -0.4 is 9.59 Å². The summed E-state index contributed by atoms with van der Waals surface area (Å²) < 4.78 is 42.6. The van der Waals surface area contributed by atoms with E-state index in [-0.39, 0.29) is 86.6 Å². The quantitative estimate of drug-likeness (QED) is 0.242. The summed E-state index contributed by atoms with van der Waals surface area (Å²) in [5, 5.41) is 0. The van der Waals surface area contributed by atoms with Crippen molar-refractivity contribution in [2.24, 2.45) is 0 Å². The van der Waals surface area contributed by atoms with Crippen molar-refractivity contribution in [1.82, 2.24) is 0 Å². The molecule has 0 aliphatic rings. The molecule has 0 aliphatic heterocycles. The summed E-state index contributed by atoms with van der Waals surface area (Å²) in [6, 6.07) is 0. The summed E-state index contributed by atoms with van der Waals surface area (Å²) in [5.74, 6) is 0. The Morgan fingerprint density at radius 2 is 1.09 bits per heavy atom. The van der Waals surface area contributed by atoms with Crippen LogP contribution in [0.3, 0.4) is 0 Å². The van der Waals surface area contributed by atoms with Gasteiger partial charge < -0.3 is 23.2 Å². The van der Waals surface area contributed by atoms with E-state index in [0.717, 1.165) is 0 Å². The zero-order chi connectivity index (χ0) is 8.08. The van der Waals surface area contributed by atoms with Crippen LogP contribution in [0.1, 0.15) is 0 Å². The minimum Gasteiger partial charge on any atom is -0.759 e. The van der Waals surface area contributed by atoms with Crippen molar-refractivity contribution < 1.29 is 31.6 Å². The SMILES string of the molecule is O=S(=O)([O-])[O-].O=[Si]([O-])[O-].[Ba+2].[Ca+2]. The van der Waals surface area contributed by atoms with E-state index in [9.17, 15) is 0 Å². The van der Waals surface area contributed by atoms with Gasteiger partial charge >= 0.3 is 86.6 Å². The first-order chi connectivity index (χ1) is 3.73. The molecule has 0 bridgehead atoms. The van der Waals surface area contributed by atoms with Crippen LogP contribution >= 0.6 is 0 Å². The van der Waals surface area contributed by atoms with Crippen LogP contribution in [-0.4, -0.2) is 113 Å². The van der Waals surface area contributed by atoms with Gasteiger partial charge in [-0.15, -0.1) is 0 Å². The normalized spacial score (nSPS) is 7.45. The largest absolute Gasteiger partial charge is 2.00 e. The molecule has 0 saturated carbocycles. The van der Waals surface area contributed by atoms with Crippen LogP contribution in [0.2, 0.25) is 0 Å². The second-order valence-corrected chi connectivity index (χ2v) is 1.97. The molecule has 0 aromatic heterocycles. The van der Waals surface area contributed by atoms with E-state index >= 15 is 0 Å². The van der Waals surface area contributed by atoms with Crippen LogP contribution in [0, 0.1) is 0 Å². The molecule has 0 N–H and O–H groups in total. The molecule has 11 heteroatoms. The molecule has 0 aromatic carbocycles. The maximum Gasteiger partial charge on any atom is 2.00 e. The molecule has 0 spiro atoms. The molecule has 0 saturated heterocycles. The maximum absolute atomic E-state index is 8.52. The molecule has 7 nitrogen and oxygen atoms in total. The summed E-state index contributed by atoms with van der Waals surface area (Å²) >= 11 is 0. The molecule has 11 heavy (non-hydrogen) atoms. The maximum atomic E-state index is 8.52. The second kappa shape index (κ2) is 12.3. The average Bonchev–Trinajstić information content (AvgIpc) is 1.19. The Morgan fingerprint density at radius 3 is 1.09 bits per heavy atom. The smallest absolute Gasteiger partial charge is 0.759 e. The van der Waals surface area contributed by atoms with Crippen LogP contribution in [0.5, 0.6) is 0 Å². The van der Waals surface area contributed by atoms with Crippen molar-refractivity contribution in [1.29, 1.82) is 0 Å². The van der Waals surface area contributed by atoms with Gasteiger partial charge in [-0.2, -0.15) is 0 Å². The molecule has 0 rings (SSSR count). The van der Waals surface area contributed by atoms with Crippen molar-refractivity contribution in [2.75, 3.05) is 0 Å². The predicted molar refractivity (Wildman–Crippen MR) is 28.4 cm³/mol. The Morgan fingerprint density at radius 1 is 1.09 bits per heavy atom. The van der Waals surface area contributed by atoms with Crippen molar-refractivity contribution in [3.63, 3.8) is 0 Å². The molecule has 56 valence electrons. The van der Waals surface area contributed by atoms with Gasteiger partial charge in [-0.3, -0.25) is 8.42 Å². The Labute approximate surface area is 135 Å². The minimum atomic E-state index is -5.17. The zero-order valence-electron chi connectivity index (χ0n) is 5.18. The van der Waals surface area contributed by atoms with E-state index in [0.29, 0.717) is 0 Å². The summed E-state index contributed by atoms with van der Waals surface area (Å²) in [6.45, 7) is 0. The fourth-order valence-corrected chi connectivity index (χ4v) is 0. The Kier molecular flexibility index (Phi) is 26.1. The van der Waals surface area contributed by atoms with Crippen LogP contribution in [0.4, 0.5) is 0 Å². The molecule has 0 atom stereocenters. The van der Waals surface area contributed by atoms with Gasteiger partial charge in [0.25, 0.3) is 0 Å². The number of rotatable bonds is 0. The summed E-state index contributed by atoms with van der Waals surface area (Å²) in [6.07, 6.45) is 0. The van der Waals surface area contributed by atoms with E-state index in [4.69, 9.17) is 31.6 Å². The first kappa shape index (κ1) is 23.3. The second-order valence-electron chi connectivity index (χ2n) is 0.658. The van der Waals surface area contributed by atoms with Gasteiger partial charge in [-0.1, -0.05) is 0 Å². The van der Waals surface area contributed by atoms with E-state index in [2.05, 4.69) is 0 Å². The molecule has 0 unspecified atom stereocenters. The van der Waals surface area contributed by atoms with Gasteiger partial charge in [0.2, 0.25) is 0 Å². The summed E-state index contributed by atoms with van der Waals surface area (Å²) in [5.41, 5.74) is 0. The predicted octanol–water partition coefficient (Wildman–Crippen LogP) is -4.98. The monoisotopic (exact) mass is 350 g/mol. The van der Waals surface area contributed by atoms with E-state index in [1.54, 1.807) is 0 Å². The van der Waals surface area contributed by atoms with E-state index in [1.165, 1.54) is 0 Å². The molecule has 0 radical (unpaired) electrons. The van der Waals surface area contributed by atoms with Gasteiger partial charge in [0.15, 0.2) is 0 Å². The van der Waals surface area contributed by atoms with E-state index < -0.39 is 19.6 Å².